The number of amides is 1. The molecule has 1 aliphatic carbocycles. The maximum atomic E-state index is 13.6. The van der Waals surface area contributed by atoms with Gasteiger partial charge in [0, 0.05) is 44.7 Å². The molecule has 5 rings (SSSR count). The number of hydrogen-bond donors (Lipinski definition) is 0. The average Bonchev–Trinajstić information content (AvgIpc) is 3.30. The normalized spacial score (nSPS) is 25.7. The fourth-order valence-electron chi connectivity index (χ4n) is 5.18. The number of ether oxygens (including phenoxy) is 1. The number of nitrogens with zero attached hydrogens (tertiary/aromatic N) is 4. The van der Waals surface area contributed by atoms with E-state index in [4.69, 9.17) is 4.74 Å². The highest BCUT2D eigenvalue weighted by Gasteiger charge is 2.58. The van der Waals surface area contributed by atoms with Gasteiger partial charge in [-0.05, 0) is 31.2 Å². The van der Waals surface area contributed by atoms with Crippen molar-refractivity contribution in [1.82, 2.24) is 19.7 Å². The molecule has 1 atom stereocenters. The van der Waals surface area contributed by atoms with Crippen molar-refractivity contribution < 1.29 is 9.53 Å². The van der Waals surface area contributed by atoms with Crippen molar-refractivity contribution in [2.45, 2.75) is 37.0 Å². The summed E-state index contributed by atoms with van der Waals surface area (Å²) in [6.07, 6.45) is 5.63. The van der Waals surface area contributed by atoms with E-state index in [9.17, 15) is 4.79 Å². The van der Waals surface area contributed by atoms with E-state index < -0.39 is 0 Å². The topological polar surface area (TPSA) is 60.2 Å². The minimum absolute atomic E-state index is 0.0570. The van der Waals surface area contributed by atoms with Gasteiger partial charge in [0.25, 0.3) is 0 Å². The molecule has 3 aliphatic rings. The van der Waals surface area contributed by atoms with Crippen LogP contribution in [0.3, 0.4) is 0 Å². The van der Waals surface area contributed by atoms with E-state index in [2.05, 4.69) is 27.2 Å². The lowest BCUT2D eigenvalue weighted by atomic mass is 9.72. The van der Waals surface area contributed by atoms with Crippen LogP contribution in [-0.2, 0) is 22.0 Å². The first-order valence-electron chi connectivity index (χ1n) is 9.91. The second-order valence-corrected chi connectivity index (χ2v) is 8.46. The molecule has 6 heteroatoms. The molecule has 6 nitrogen and oxygen atoms in total. The van der Waals surface area contributed by atoms with E-state index in [-0.39, 0.29) is 16.7 Å². The molecule has 1 amide bonds. The van der Waals surface area contributed by atoms with Crippen LogP contribution in [0, 0.1) is 5.41 Å². The molecule has 2 aliphatic heterocycles. The maximum Gasteiger partial charge on any atom is 0.233 e. The number of carbonyl (C=O) groups excluding carboxylic acids is 1. The molecule has 1 unspecified atom stereocenters. The van der Waals surface area contributed by atoms with Crippen LogP contribution >= 0.6 is 0 Å². The van der Waals surface area contributed by atoms with Crippen molar-refractivity contribution in [3.63, 3.8) is 0 Å². The SMILES string of the molecule is Cn1cnnc1C1CN(C(=O)C2(c3ccccc3)CC2)CC12CCOCC2. The Morgan fingerprint density at radius 2 is 1.89 bits per heavy atom. The first-order valence-corrected chi connectivity index (χ1v) is 9.91. The van der Waals surface area contributed by atoms with E-state index >= 15 is 0 Å². The van der Waals surface area contributed by atoms with Crippen LogP contribution in [-0.4, -0.2) is 51.9 Å². The summed E-state index contributed by atoms with van der Waals surface area (Å²) in [7, 11) is 2.00. The monoisotopic (exact) mass is 366 g/mol. The number of likely N-dealkylation sites (tertiary alicyclic amines) is 1. The van der Waals surface area contributed by atoms with E-state index in [0.29, 0.717) is 5.91 Å². The quantitative estimate of drug-likeness (QED) is 0.836. The van der Waals surface area contributed by atoms with Crippen molar-refractivity contribution in [2.24, 2.45) is 12.5 Å². The number of aromatic nitrogens is 3. The van der Waals surface area contributed by atoms with Crippen molar-refractivity contribution in [3.05, 3.63) is 48.0 Å². The molecule has 3 fully saturated rings. The van der Waals surface area contributed by atoms with Crippen LogP contribution in [0.2, 0.25) is 0 Å². The highest BCUT2D eigenvalue weighted by Crippen LogP contribution is 2.54. The molecule has 2 saturated heterocycles. The molecular weight excluding hydrogens is 340 g/mol. The smallest absolute Gasteiger partial charge is 0.233 e. The largest absolute Gasteiger partial charge is 0.381 e. The van der Waals surface area contributed by atoms with Gasteiger partial charge in [-0.15, -0.1) is 10.2 Å². The number of hydrogen-bond acceptors (Lipinski definition) is 4. The van der Waals surface area contributed by atoms with E-state index in [0.717, 1.165) is 63.4 Å². The number of carbonyl (C=O) groups is 1. The van der Waals surface area contributed by atoms with Crippen molar-refractivity contribution >= 4 is 5.91 Å². The Labute approximate surface area is 159 Å². The molecule has 1 aromatic heterocycles. The zero-order valence-electron chi connectivity index (χ0n) is 15.8. The summed E-state index contributed by atoms with van der Waals surface area (Å²) in [5, 5.41) is 8.51. The number of rotatable bonds is 3. The van der Waals surface area contributed by atoms with Crippen molar-refractivity contribution in [2.75, 3.05) is 26.3 Å². The first-order chi connectivity index (χ1) is 13.1. The van der Waals surface area contributed by atoms with Gasteiger partial charge in [0.05, 0.1) is 5.41 Å². The second kappa shape index (κ2) is 6.16. The van der Waals surface area contributed by atoms with E-state index in [1.165, 1.54) is 0 Å². The number of benzene rings is 1. The Hall–Kier alpha value is -2.21. The van der Waals surface area contributed by atoms with Crippen molar-refractivity contribution in [1.29, 1.82) is 0 Å². The van der Waals surface area contributed by atoms with E-state index in [1.807, 2.05) is 29.8 Å². The van der Waals surface area contributed by atoms with Gasteiger partial charge < -0.3 is 14.2 Å². The van der Waals surface area contributed by atoms with Gasteiger partial charge in [0.2, 0.25) is 5.91 Å². The fourth-order valence-corrected chi connectivity index (χ4v) is 5.18. The van der Waals surface area contributed by atoms with E-state index in [1.54, 1.807) is 6.33 Å². The minimum Gasteiger partial charge on any atom is -0.381 e. The highest BCUT2D eigenvalue weighted by molar-refractivity contribution is 5.91. The van der Waals surface area contributed by atoms with Crippen LogP contribution in [0.25, 0.3) is 0 Å². The summed E-state index contributed by atoms with van der Waals surface area (Å²) in [6.45, 7) is 3.07. The van der Waals surface area contributed by atoms with Gasteiger partial charge in [-0.1, -0.05) is 30.3 Å². The predicted octanol–water partition coefficient (Wildman–Crippen LogP) is 2.27. The van der Waals surface area contributed by atoms with Crippen LogP contribution in [0.1, 0.15) is 43.0 Å². The highest BCUT2D eigenvalue weighted by atomic mass is 16.5. The molecule has 1 aromatic carbocycles. The zero-order valence-corrected chi connectivity index (χ0v) is 15.8. The predicted molar refractivity (Wildman–Crippen MR) is 100 cm³/mol. The molecule has 0 radical (unpaired) electrons. The van der Waals surface area contributed by atoms with Gasteiger partial charge in [0.15, 0.2) is 0 Å². The van der Waals surface area contributed by atoms with Gasteiger partial charge in [0.1, 0.15) is 12.2 Å². The summed E-state index contributed by atoms with van der Waals surface area (Å²) in [6, 6.07) is 10.3. The number of aryl methyl sites for hydroxylation is 1. The Balaban J connectivity index is 1.46. The third-order valence-electron chi connectivity index (χ3n) is 6.97. The average molecular weight is 366 g/mol. The Kier molecular flexibility index (Phi) is 3.86. The molecule has 0 bridgehead atoms. The van der Waals surface area contributed by atoms with Crippen LogP contribution < -0.4 is 0 Å². The molecule has 1 spiro atoms. The Bertz CT molecular complexity index is 837. The molecule has 0 N–H and O–H groups in total. The molecular formula is C21H26N4O2. The van der Waals surface area contributed by atoms with Gasteiger partial charge in [-0.3, -0.25) is 4.79 Å². The molecule has 2 aromatic rings. The minimum atomic E-state index is -0.303. The summed E-state index contributed by atoms with van der Waals surface area (Å²) < 4.78 is 7.66. The Morgan fingerprint density at radius 3 is 2.52 bits per heavy atom. The van der Waals surface area contributed by atoms with Crippen LogP contribution in [0.15, 0.2) is 36.7 Å². The molecule has 142 valence electrons. The third kappa shape index (κ3) is 2.61. The fraction of sp³-hybridized carbons (Fsp3) is 0.571. The molecule has 1 saturated carbocycles. The van der Waals surface area contributed by atoms with Crippen molar-refractivity contribution in [3.8, 4) is 0 Å². The van der Waals surface area contributed by atoms with Crippen LogP contribution in [0.5, 0.6) is 0 Å². The summed E-state index contributed by atoms with van der Waals surface area (Å²) >= 11 is 0. The Morgan fingerprint density at radius 1 is 1.15 bits per heavy atom. The van der Waals surface area contributed by atoms with Crippen LogP contribution in [0.4, 0.5) is 0 Å². The van der Waals surface area contributed by atoms with Gasteiger partial charge >= 0.3 is 0 Å². The lowest BCUT2D eigenvalue weighted by molar-refractivity contribution is -0.133. The zero-order chi connectivity index (χ0) is 18.5. The lowest BCUT2D eigenvalue weighted by Crippen LogP contribution is -2.40. The van der Waals surface area contributed by atoms with Gasteiger partial charge in [-0.2, -0.15) is 0 Å². The summed E-state index contributed by atoms with van der Waals surface area (Å²) in [4.78, 5) is 15.7. The second-order valence-electron chi connectivity index (χ2n) is 8.46. The maximum absolute atomic E-state index is 13.6. The summed E-state index contributed by atoms with van der Waals surface area (Å²) in [5.74, 6) is 1.52. The summed E-state index contributed by atoms with van der Waals surface area (Å²) in [5.41, 5.74) is 0.919. The molecule has 27 heavy (non-hydrogen) atoms. The van der Waals surface area contributed by atoms with Gasteiger partial charge in [-0.25, -0.2) is 0 Å². The first kappa shape index (κ1) is 16.9. The third-order valence-corrected chi connectivity index (χ3v) is 6.97. The standard InChI is InChI=1S/C21H26N4O2/c1-24-15-22-23-18(24)17-13-25(14-20(17)9-11-27-12-10-20)19(26)21(7-8-21)16-5-3-2-4-6-16/h2-6,15,17H,7-14H2,1H3. The molecule has 3 heterocycles. The lowest BCUT2D eigenvalue weighted by Gasteiger charge is -2.37.